The first-order valence-electron chi connectivity index (χ1n) is 7.90. The molecule has 1 aromatic carbocycles. The number of aromatic nitrogens is 2. The Morgan fingerprint density at radius 2 is 2.04 bits per heavy atom. The number of anilines is 1. The van der Waals surface area contributed by atoms with E-state index >= 15 is 0 Å². The highest BCUT2D eigenvalue weighted by Gasteiger charge is 2.17. The molecule has 9 heteroatoms. The van der Waals surface area contributed by atoms with Crippen LogP contribution >= 0.6 is 34.4 Å². The Morgan fingerprint density at radius 3 is 2.81 bits per heavy atom. The predicted octanol–water partition coefficient (Wildman–Crippen LogP) is 4.28. The maximum atomic E-state index is 12.2. The maximum absolute atomic E-state index is 12.2. The first-order valence-corrected chi connectivity index (χ1v) is 10.5. The van der Waals surface area contributed by atoms with Gasteiger partial charge in [-0.25, -0.2) is 14.8 Å². The Bertz CT molecular complexity index is 965. The number of benzene rings is 1. The molecular formula is C17H17N3O3S3. The number of ether oxygens (including phenoxy) is 1. The second-order valence-electron chi connectivity index (χ2n) is 5.44. The first-order chi connectivity index (χ1) is 12.5. The van der Waals surface area contributed by atoms with E-state index in [1.54, 1.807) is 25.2 Å². The van der Waals surface area contributed by atoms with Crippen LogP contribution < -0.4 is 5.32 Å². The fourth-order valence-electron chi connectivity index (χ4n) is 2.20. The van der Waals surface area contributed by atoms with Crippen LogP contribution in [-0.4, -0.2) is 34.2 Å². The highest BCUT2D eigenvalue weighted by atomic mass is 32.2. The Kier molecular flexibility index (Phi) is 5.90. The molecule has 0 atom stereocenters. The van der Waals surface area contributed by atoms with E-state index in [0.717, 1.165) is 31.5 Å². The summed E-state index contributed by atoms with van der Waals surface area (Å²) in [5.74, 6) is -0.372. The third-order valence-electron chi connectivity index (χ3n) is 3.35. The topological polar surface area (TPSA) is 81.2 Å². The summed E-state index contributed by atoms with van der Waals surface area (Å²) >= 11 is 4.08. The molecule has 2 aromatic heterocycles. The molecule has 3 aromatic rings. The highest BCUT2D eigenvalue weighted by Crippen LogP contribution is 2.30. The Morgan fingerprint density at radius 1 is 1.23 bits per heavy atom. The van der Waals surface area contributed by atoms with E-state index in [2.05, 4.69) is 15.3 Å². The van der Waals surface area contributed by atoms with Crippen LogP contribution in [0.5, 0.6) is 0 Å². The molecule has 1 N–H and O–H groups in total. The van der Waals surface area contributed by atoms with Crippen molar-refractivity contribution in [3.63, 3.8) is 0 Å². The van der Waals surface area contributed by atoms with Crippen LogP contribution in [0.1, 0.15) is 27.9 Å². The zero-order valence-electron chi connectivity index (χ0n) is 14.5. The zero-order valence-corrected chi connectivity index (χ0v) is 16.9. The van der Waals surface area contributed by atoms with E-state index in [-0.39, 0.29) is 11.7 Å². The molecule has 26 heavy (non-hydrogen) atoms. The number of hydrogen-bond acceptors (Lipinski definition) is 8. The normalized spacial score (nSPS) is 10.9. The fourth-order valence-corrected chi connectivity index (χ4v) is 4.92. The number of amides is 1. The molecule has 2 heterocycles. The Hall–Kier alpha value is -1.97. The van der Waals surface area contributed by atoms with Crippen LogP contribution in [0.15, 0.2) is 22.5 Å². The van der Waals surface area contributed by atoms with Gasteiger partial charge in [-0.15, -0.1) is 11.3 Å². The summed E-state index contributed by atoms with van der Waals surface area (Å²) < 4.78 is 6.93. The minimum absolute atomic E-state index is 0.186. The van der Waals surface area contributed by atoms with Crippen molar-refractivity contribution in [1.82, 2.24) is 9.97 Å². The van der Waals surface area contributed by atoms with Crippen molar-refractivity contribution >= 4 is 61.7 Å². The first kappa shape index (κ1) is 18.8. The van der Waals surface area contributed by atoms with Gasteiger partial charge in [-0.2, -0.15) is 0 Å². The van der Waals surface area contributed by atoms with Crippen LogP contribution in [-0.2, 0) is 9.53 Å². The van der Waals surface area contributed by atoms with Crippen molar-refractivity contribution in [2.24, 2.45) is 0 Å². The average molecular weight is 408 g/mol. The zero-order chi connectivity index (χ0) is 18.7. The molecular weight excluding hydrogens is 390 g/mol. The SMILES string of the molecule is CCOC(=O)c1sc(NC(=O)CSc2nc3cc(C)ccc3s2)nc1C. The molecule has 0 saturated heterocycles. The molecule has 0 radical (unpaired) electrons. The quantitative estimate of drug-likeness (QED) is 0.485. The lowest BCUT2D eigenvalue weighted by molar-refractivity contribution is -0.113. The number of esters is 1. The van der Waals surface area contributed by atoms with Gasteiger partial charge >= 0.3 is 5.97 Å². The number of thiazole rings is 2. The third kappa shape index (κ3) is 4.40. The van der Waals surface area contributed by atoms with Gasteiger partial charge in [0.25, 0.3) is 0 Å². The summed E-state index contributed by atoms with van der Waals surface area (Å²) in [5, 5.41) is 3.13. The lowest BCUT2D eigenvalue weighted by Crippen LogP contribution is -2.13. The van der Waals surface area contributed by atoms with Crippen molar-refractivity contribution < 1.29 is 14.3 Å². The van der Waals surface area contributed by atoms with Gasteiger partial charge in [-0.1, -0.05) is 29.2 Å². The summed E-state index contributed by atoms with van der Waals surface area (Å²) in [5.41, 5.74) is 2.67. The van der Waals surface area contributed by atoms with E-state index in [9.17, 15) is 9.59 Å². The van der Waals surface area contributed by atoms with E-state index in [4.69, 9.17) is 4.74 Å². The van der Waals surface area contributed by atoms with Gasteiger partial charge in [-0.05, 0) is 38.5 Å². The third-order valence-corrected chi connectivity index (χ3v) is 6.59. The van der Waals surface area contributed by atoms with Crippen molar-refractivity contribution in [3.8, 4) is 0 Å². The summed E-state index contributed by atoms with van der Waals surface area (Å²) in [4.78, 5) is 33.1. The van der Waals surface area contributed by atoms with Crippen LogP contribution in [0.2, 0.25) is 0 Å². The number of aryl methyl sites for hydroxylation is 2. The number of carbonyl (C=O) groups is 2. The van der Waals surface area contributed by atoms with Crippen LogP contribution in [0.25, 0.3) is 10.2 Å². The van der Waals surface area contributed by atoms with Crippen LogP contribution in [0.3, 0.4) is 0 Å². The van der Waals surface area contributed by atoms with Gasteiger partial charge in [0.15, 0.2) is 9.47 Å². The van der Waals surface area contributed by atoms with Gasteiger partial charge in [0.1, 0.15) is 4.88 Å². The molecule has 0 spiro atoms. The van der Waals surface area contributed by atoms with Gasteiger partial charge < -0.3 is 10.1 Å². The lowest BCUT2D eigenvalue weighted by Gasteiger charge is -1.99. The lowest BCUT2D eigenvalue weighted by atomic mass is 10.2. The largest absolute Gasteiger partial charge is 0.462 e. The number of nitrogens with zero attached hydrogens (tertiary/aromatic N) is 2. The summed E-state index contributed by atoms with van der Waals surface area (Å²) in [6.07, 6.45) is 0. The fraction of sp³-hybridized carbons (Fsp3) is 0.294. The molecule has 6 nitrogen and oxygen atoms in total. The second kappa shape index (κ2) is 8.15. The molecule has 3 rings (SSSR count). The number of carbonyl (C=O) groups excluding carboxylic acids is 2. The highest BCUT2D eigenvalue weighted by molar-refractivity contribution is 8.01. The maximum Gasteiger partial charge on any atom is 0.350 e. The van der Waals surface area contributed by atoms with Gasteiger partial charge in [0, 0.05) is 0 Å². The molecule has 0 saturated carbocycles. The molecule has 0 unspecified atom stereocenters. The minimum atomic E-state index is -0.415. The number of hydrogen-bond donors (Lipinski definition) is 1. The van der Waals surface area contributed by atoms with Crippen molar-refractivity contribution in [1.29, 1.82) is 0 Å². The Labute approximate surface area is 163 Å². The molecule has 0 fully saturated rings. The number of fused-ring (bicyclic) bond motifs is 1. The van der Waals surface area contributed by atoms with Crippen molar-refractivity contribution in [2.75, 3.05) is 17.7 Å². The number of nitrogens with one attached hydrogen (secondary N) is 1. The summed E-state index contributed by atoms with van der Waals surface area (Å²) in [7, 11) is 0. The number of rotatable bonds is 6. The van der Waals surface area contributed by atoms with Gasteiger partial charge in [0.2, 0.25) is 5.91 Å². The molecule has 0 aliphatic carbocycles. The summed E-state index contributed by atoms with van der Waals surface area (Å²) in [6, 6.07) is 6.13. The standard InChI is InChI=1S/C17H17N3O3S3/c1-4-23-15(22)14-10(3)18-16(26-14)20-13(21)8-24-17-19-11-7-9(2)5-6-12(11)25-17/h5-7H,4,8H2,1-3H3,(H,18,20,21). The molecule has 136 valence electrons. The van der Waals surface area contributed by atoms with Gasteiger partial charge in [-0.3, -0.25) is 4.79 Å². The average Bonchev–Trinajstić information content (AvgIpc) is 3.15. The molecule has 1 amide bonds. The van der Waals surface area contributed by atoms with Gasteiger partial charge in [0.05, 0.1) is 28.3 Å². The van der Waals surface area contributed by atoms with Crippen molar-refractivity contribution in [3.05, 3.63) is 34.3 Å². The Balaban J connectivity index is 1.60. The smallest absolute Gasteiger partial charge is 0.350 e. The molecule has 0 aliphatic heterocycles. The second-order valence-corrected chi connectivity index (χ2v) is 8.69. The van der Waals surface area contributed by atoms with E-state index < -0.39 is 5.97 Å². The molecule has 0 aliphatic rings. The van der Waals surface area contributed by atoms with Crippen LogP contribution in [0, 0.1) is 13.8 Å². The van der Waals surface area contributed by atoms with E-state index in [1.807, 2.05) is 25.1 Å². The van der Waals surface area contributed by atoms with Crippen molar-refractivity contribution in [2.45, 2.75) is 25.1 Å². The van der Waals surface area contributed by atoms with E-state index in [1.165, 1.54) is 11.8 Å². The number of thioether (sulfide) groups is 1. The predicted molar refractivity (Wildman–Crippen MR) is 107 cm³/mol. The van der Waals surface area contributed by atoms with E-state index in [0.29, 0.717) is 22.3 Å². The monoisotopic (exact) mass is 407 g/mol. The summed E-state index contributed by atoms with van der Waals surface area (Å²) in [6.45, 7) is 5.80. The molecule has 0 bridgehead atoms. The minimum Gasteiger partial charge on any atom is -0.462 e. The van der Waals surface area contributed by atoms with Crippen LogP contribution in [0.4, 0.5) is 5.13 Å².